The maximum atomic E-state index is 12.1. The Morgan fingerprint density at radius 1 is 1.19 bits per heavy atom. The van der Waals surface area contributed by atoms with Crippen molar-refractivity contribution >= 4 is 22.0 Å². The predicted molar refractivity (Wildman–Crippen MR) is 76.1 cm³/mol. The molecule has 7 nitrogen and oxygen atoms in total. The number of rotatable bonds is 6. The molecule has 0 aromatic heterocycles. The molecule has 1 saturated heterocycles. The van der Waals surface area contributed by atoms with Gasteiger partial charge >= 0.3 is 6.03 Å². The van der Waals surface area contributed by atoms with E-state index in [1.54, 1.807) is 24.3 Å². The molecule has 1 aromatic rings. The molecule has 0 spiro atoms. The summed E-state index contributed by atoms with van der Waals surface area (Å²) in [5.74, 6) is -0.438. The molecule has 1 unspecified atom stereocenters. The second-order valence-electron chi connectivity index (χ2n) is 4.70. The maximum absolute atomic E-state index is 12.1. The highest BCUT2D eigenvalue weighted by Crippen LogP contribution is 2.11. The monoisotopic (exact) mass is 311 g/mol. The second kappa shape index (κ2) is 6.23. The fourth-order valence-electron chi connectivity index (χ4n) is 1.99. The van der Waals surface area contributed by atoms with E-state index in [9.17, 15) is 18.0 Å². The molecule has 1 aliphatic heterocycles. The minimum absolute atomic E-state index is 0.0657. The summed E-state index contributed by atoms with van der Waals surface area (Å²) >= 11 is 0. The summed E-state index contributed by atoms with van der Waals surface area (Å²) in [7, 11) is -3.60. The van der Waals surface area contributed by atoms with Gasteiger partial charge in [0.25, 0.3) is 5.91 Å². The van der Waals surface area contributed by atoms with Crippen molar-refractivity contribution in [1.82, 2.24) is 15.4 Å². The molecule has 3 amide bonds. The molecule has 1 atom stereocenters. The lowest BCUT2D eigenvalue weighted by atomic mass is 10.2. The minimum atomic E-state index is -3.60. The van der Waals surface area contributed by atoms with E-state index in [0.717, 1.165) is 12.0 Å². The number of carbonyl (C=O) groups is 2. The van der Waals surface area contributed by atoms with E-state index in [0.29, 0.717) is 0 Å². The average Bonchev–Trinajstić information content (AvgIpc) is 2.77. The van der Waals surface area contributed by atoms with Crippen LogP contribution in [-0.4, -0.2) is 32.9 Å². The van der Waals surface area contributed by atoms with E-state index in [1.165, 1.54) is 0 Å². The molecule has 1 aromatic carbocycles. The number of benzene rings is 1. The van der Waals surface area contributed by atoms with Crippen LogP contribution in [0.3, 0.4) is 0 Å². The van der Waals surface area contributed by atoms with E-state index < -0.39 is 28.0 Å². The van der Waals surface area contributed by atoms with Gasteiger partial charge in [-0.05, 0) is 30.5 Å². The molecular weight excluding hydrogens is 294 g/mol. The quantitative estimate of drug-likeness (QED) is 0.649. The Labute approximate surface area is 123 Å². The van der Waals surface area contributed by atoms with Crippen LogP contribution < -0.4 is 15.4 Å². The first-order valence-electron chi connectivity index (χ1n) is 6.62. The van der Waals surface area contributed by atoms with Gasteiger partial charge in [0.05, 0.1) is 4.90 Å². The van der Waals surface area contributed by atoms with Crippen molar-refractivity contribution in [2.24, 2.45) is 0 Å². The van der Waals surface area contributed by atoms with Gasteiger partial charge in [-0.15, -0.1) is 0 Å². The Kier molecular flexibility index (Phi) is 4.59. The number of hydrogen-bond donors (Lipinski definition) is 3. The lowest BCUT2D eigenvalue weighted by molar-refractivity contribution is -0.120. The van der Waals surface area contributed by atoms with Crippen LogP contribution in [0.4, 0.5) is 4.79 Å². The summed E-state index contributed by atoms with van der Waals surface area (Å²) in [4.78, 5) is 22.4. The van der Waals surface area contributed by atoms with E-state index in [4.69, 9.17) is 0 Å². The van der Waals surface area contributed by atoms with Crippen molar-refractivity contribution in [3.63, 3.8) is 0 Å². The van der Waals surface area contributed by atoms with Crippen LogP contribution in [0.2, 0.25) is 0 Å². The number of imide groups is 1. The molecule has 0 aliphatic carbocycles. The van der Waals surface area contributed by atoms with Crippen molar-refractivity contribution in [1.29, 1.82) is 0 Å². The molecule has 114 valence electrons. The molecule has 0 bridgehead atoms. The third-order valence-electron chi connectivity index (χ3n) is 3.23. The molecule has 0 saturated carbocycles. The molecule has 8 heteroatoms. The lowest BCUT2D eigenvalue weighted by Gasteiger charge is -2.09. The molecule has 1 aliphatic rings. The fraction of sp³-hybridized carbons (Fsp3) is 0.385. The van der Waals surface area contributed by atoms with Crippen molar-refractivity contribution in [3.8, 4) is 0 Å². The van der Waals surface area contributed by atoms with Crippen molar-refractivity contribution in [2.75, 3.05) is 6.54 Å². The van der Waals surface area contributed by atoms with E-state index >= 15 is 0 Å². The number of nitrogens with one attached hydrogen (secondary N) is 3. The van der Waals surface area contributed by atoms with Crippen LogP contribution in [0.1, 0.15) is 18.9 Å². The van der Waals surface area contributed by atoms with E-state index in [-0.39, 0.29) is 17.9 Å². The average molecular weight is 311 g/mol. The number of sulfonamides is 1. The van der Waals surface area contributed by atoms with Crippen LogP contribution in [0.15, 0.2) is 29.2 Å². The third-order valence-corrected chi connectivity index (χ3v) is 4.70. The highest BCUT2D eigenvalue weighted by atomic mass is 32.2. The molecule has 1 fully saturated rings. The summed E-state index contributed by atoms with van der Waals surface area (Å²) in [6, 6.07) is 5.38. The standard InChI is InChI=1S/C13H17N3O4S/c1-2-9-3-5-10(6-4-9)21(19,20)14-8-7-11-12(17)16-13(18)15-11/h3-6,11,14H,2,7-8H2,1H3,(H2,15,16,17,18). The molecule has 2 rings (SSSR count). The summed E-state index contributed by atoms with van der Waals surface area (Å²) < 4.78 is 26.5. The van der Waals surface area contributed by atoms with Crippen LogP contribution in [-0.2, 0) is 21.2 Å². The smallest absolute Gasteiger partial charge is 0.322 e. The predicted octanol–water partition coefficient (Wildman–Crippen LogP) is 0.125. The van der Waals surface area contributed by atoms with Gasteiger partial charge in [-0.2, -0.15) is 0 Å². The van der Waals surface area contributed by atoms with E-state index in [1.807, 2.05) is 6.92 Å². The zero-order chi connectivity index (χ0) is 15.5. The zero-order valence-corrected chi connectivity index (χ0v) is 12.4. The molecule has 21 heavy (non-hydrogen) atoms. The van der Waals surface area contributed by atoms with Gasteiger partial charge in [-0.3, -0.25) is 10.1 Å². The van der Waals surface area contributed by atoms with Crippen molar-refractivity contribution in [2.45, 2.75) is 30.7 Å². The molecule has 0 radical (unpaired) electrons. The Balaban J connectivity index is 1.92. The first-order chi connectivity index (χ1) is 9.92. The molecule has 1 heterocycles. The summed E-state index contributed by atoms with van der Waals surface area (Å²) in [5, 5.41) is 4.50. The van der Waals surface area contributed by atoms with Crippen LogP contribution in [0, 0.1) is 0 Å². The third kappa shape index (κ3) is 3.79. The number of hydrogen-bond acceptors (Lipinski definition) is 4. The second-order valence-corrected chi connectivity index (χ2v) is 6.47. The van der Waals surface area contributed by atoms with E-state index in [2.05, 4.69) is 15.4 Å². The Hall–Kier alpha value is -1.93. The first-order valence-corrected chi connectivity index (χ1v) is 8.10. The van der Waals surface area contributed by atoms with Crippen LogP contribution in [0.5, 0.6) is 0 Å². The number of aryl methyl sites for hydroxylation is 1. The van der Waals surface area contributed by atoms with Gasteiger partial charge in [0.2, 0.25) is 10.0 Å². The van der Waals surface area contributed by atoms with Gasteiger partial charge in [-0.1, -0.05) is 19.1 Å². The van der Waals surface area contributed by atoms with Gasteiger partial charge < -0.3 is 5.32 Å². The Morgan fingerprint density at radius 2 is 1.86 bits per heavy atom. The van der Waals surface area contributed by atoms with Gasteiger partial charge in [0.1, 0.15) is 6.04 Å². The SMILES string of the molecule is CCc1ccc(S(=O)(=O)NCCC2NC(=O)NC2=O)cc1. The first kappa shape index (κ1) is 15.5. The minimum Gasteiger partial charge on any atom is -0.326 e. The number of amides is 3. The topological polar surface area (TPSA) is 104 Å². The maximum Gasteiger partial charge on any atom is 0.322 e. The molecular formula is C13H17N3O4S. The van der Waals surface area contributed by atoms with Gasteiger partial charge in [0.15, 0.2) is 0 Å². The largest absolute Gasteiger partial charge is 0.326 e. The summed E-state index contributed by atoms with van der Waals surface area (Å²) in [6.07, 6.45) is 1.04. The van der Waals surface area contributed by atoms with Gasteiger partial charge in [-0.25, -0.2) is 17.9 Å². The molecule has 3 N–H and O–H groups in total. The van der Waals surface area contributed by atoms with Gasteiger partial charge in [0, 0.05) is 6.54 Å². The van der Waals surface area contributed by atoms with Crippen molar-refractivity contribution < 1.29 is 18.0 Å². The van der Waals surface area contributed by atoms with Crippen LogP contribution >= 0.6 is 0 Å². The number of carbonyl (C=O) groups excluding carboxylic acids is 2. The Morgan fingerprint density at radius 3 is 2.38 bits per heavy atom. The highest BCUT2D eigenvalue weighted by molar-refractivity contribution is 7.89. The summed E-state index contributed by atoms with van der Waals surface area (Å²) in [6.45, 7) is 2.05. The zero-order valence-electron chi connectivity index (χ0n) is 11.5. The van der Waals surface area contributed by atoms with Crippen molar-refractivity contribution in [3.05, 3.63) is 29.8 Å². The Bertz CT molecular complexity index is 640. The number of urea groups is 1. The fourth-order valence-corrected chi connectivity index (χ4v) is 3.04. The van der Waals surface area contributed by atoms with Crippen LogP contribution in [0.25, 0.3) is 0 Å². The summed E-state index contributed by atoms with van der Waals surface area (Å²) in [5.41, 5.74) is 1.05. The lowest BCUT2D eigenvalue weighted by Crippen LogP contribution is -2.34. The highest BCUT2D eigenvalue weighted by Gasteiger charge is 2.29. The normalized spacial score (nSPS) is 18.4.